The molecule has 0 spiro atoms. The third-order valence-corrected chi connectivity index (χ3v) is 1.25. The Morgan fingerprint density at radius 2 is 1.73 bits per heavy atom. The van der Waals surface area contributed by atoms with Gasteiger partial charge in [0.1, 0.15) is 5.76 Å². The molecule has 62 valence electrons. The van der Waals surface area contributed by atoms with Crippen molar-refractivity contribution in [2.45, 2.75) is 27.7 Å². The molecule has 0 amide bonds. The molecule has 0 rings (SSSR count). The van der Waals surface area contributed by atoms with Gasteiger partial charge in [0.15, 0.2) is 0 Å². The number of hydrogen-bond acceptors (Lipinski definition) is 1. The Kier molecular flexibility index (Phi) is 5.26. The number of allylic oxidation sites excluding steroid dienone is 6. The number of hydrogen-bond donors (Lipinski definition) is 0. The Labute approximate surface area is 69.1 Å². The molecule has 1 nitrogen and oxygen atoms in total. The summed E-state index contributed by atoms with van der Waals surface area (Å²) in [6.45, 7) is 7.81. The minimum atomic E-state index is 0.915. The molecule has 0 saturated carbocycles. The van der Waals surface area contributed by atoms with Crippen LogP contribution in [0.15, 0.2) is 35.8 Å². The van der Waals surface area contributed by atoms with Crippen molar-refractivity contribution in [3.63, 3.8) is 0 Å². The Morgan fingerprint density at radius 1 is 1.09 bits per heavy atom. The molecule has 0 bridgehead atoms. The standard InChI is InChI=1S/C10H16O/c1-5-7-8-10(4)11-9(3)6-2/h5-8H,1-4H3/b7-5-,9-6+,10-8+. The van der Waals surface area contributed by atoms with E-state index in [4.69, 9.17) is 4.74 Å². The topological polar surface area (TPSA) is 9.23 Å². The second-order valence-electron chi connectivity index (χ2n) is 2.30. The maximum absolute atomic E-state index is 5.37. The van der Waals surface area contributed by atoms with Gasteiger partial charge in [-0.2, -0.15) is 0 Å². The summed E-state index contributed by atoms with van der Waals surface area (Å²) < 4.78 is 5.37. The van der Waals surface area contributed by atoms with Crippen molar-refractivity contribution in [2.75, 3.05) is 0 Å². The summed E-state index contributed by atoms with van der Waals surface area (Å²) in [4.78, 5) is 0. The first-order valence-corrected chi connectivity index (χ1v) is 3.81. The van der Waals surface area contributed by atoms with Crippen LogP contribution in [0.4, 0.5) is 0 Å². The summed E-state index contributed by atoms with van der Waals surface area (Å²) >= 11 is 0. The lowest BCUT2D eigenvalue weighted by Gasteiger charge is -2.03. The van der Waals surface area contributed by atoms with Gasteiger partial charge in [0, 0.05) is 0 Å². The summed E-state index contributed by atoms with van der Waals surface area (Å²) in [6.07, 6.45) is 7.80. The van der Waals surface area contributed by atoms with Crippen LogP contribution in [0.3, 0.4) is 0 Å². The fourth-order valence-electron chi connectivity index (χ4n) is 0.579. The van der Waals surface area contributed by atoms with Crippen LogP contribution in [0.25, 0.3) is 0 Å². The van der Waals surface area contributed by atoms with Crippen molar-refractivity contribution in [1.29, 1.82) is 0 Å². The van der Waals surface area contributed by atoms with Crippen LogP contribution in [0, 0.1) is 0 Å². The first-order chi connectivity index (χ1) is 5.20. The van der Waals surface area contributed by atoms with Crippen LogP contribution >= 0.6 is 0 Å². The monoisotopic (exact) mass is 152 g/mol. The van der Waals surface area contributed by atoms with Gasteiger partial charge in [-0.1, -0.05) is 12.2 Å². The molecule has 0 radical (unpaired) electrons. The van der Waals surface area contributed by atoms with Gasteiger partial charge in [-0.05, 0) is 39.8 Å². The van der Waals surface area contributed by atoms with Gasteiger partial charge in [-0.25, -0.2) is 0 Å². The Bertz CT molecular complexity index is 185. The minimum absolute atomic E-state index is 0.915. The highest BCUT2D eigenvalue weighted by atomic mass is 16.5. The van der Waals surface area contributed by atoms with Crippen LogP contribution in [0.1, 0.15) is 27.7 Å². The number of ether oxygens (including phenoxy) is 1. The van der Waals surface area contributed by atoms with E-state index in [2.05, 4.69) is 0 Å². The normalized spacial score (nSPS) is 14.2. The molecule has 0 saturated heterocycles. The smallest absolute Gasteiger partial charge is 0.100 e. The van der Waals surface area contributed by atoms with Crippen molar-refractivity contribution in [3.05, 3.63) is 35.8 Å². The van der Waals surface area contributed by atoms with E-state index in [0.717, 1.165) is 11.5 Å². The summed E-state index contributed by atoms with van der Waals surface area (Å²) in [7, 11) is 0. The predicted octanol–water partition coefficient (Wildman–Crippen LogP) is 3.41. The summed E-state index contributed by atoms with van der Waals surface area (Å²) in [5, 5.41) is 0. The molecule has 0 aromatic carbocycles. The second kappa shape index (κ2) is 5.78. The predicted molar refractivity (Wildman–Crippen MR) is 49.1 cm³/mol. The van der Waals surface area contributed by atoms with Gasteiger partial charge in [-0.15, -0.1) is 0 Å². The molecule has 0 atom stereocenters. The molecule has 0 N–H and O–H groups in total. The molecular weight excluding hydrogens is 136 g/mol. The zero-order valence-corrected chi connectivity index (χ0v) is 7.72. The molecule has 0 aliphatic heterocycles. The Morgan fingerprint density at radius 3 is 2.18 bits per heavy atom. The maximum Gasteiger partial charge on any atom is 0.100 e. The van der Waals surface area contributed by atoms with Gasteiger partial charge in [-0.3, -0.25) is 0 Å². The zero-order chi connectivity index (χ0) is 8.69. The van der Waals surface area contributed by atoms with E-state index in [1.165, 1.54) is 0 Å². The SMILES string of the molecule is C/C=C\C=C(/C)O/C(C)=C/C. The van der Waals surface area contributed by atoms with Gasteiger partial charge in [0.2, 0.25) is 0 Å². The van der Waals surface area contributed by atoms with Crippen LogP contribution < -0.4 is 0 Å². The quantitative estimate of drug-likeness (QED) is 0.445. The molecule has 0 aliphatic rings. The van der Waals surface area contributed by atoms with E-state index in [1.807, 2.05) is 52.0 Å². The fraction of sp³-hybridized carbons (Fsp3) is 0.400. The Balaban J connectivity index is 3.96. The maximum atomic E-state index is 5.37. The largest absolute Gasteiger partial charge is 0.467 e. The average Bonchev–Trinajstić information content (AvgIpc) is 2.00. The lowest BCUT2D eigenvalue weighted by Crippen LogP contribution is -1.83. The number of rotatable bonds is 3. The summed E-state index contributed by atoms with van der Waals surface area (Å²) in [6, 6.07) is 0. The van der Waals surface area contributed by atoms with E-state index in [-0.39, 0.29) is 0 Å². The van der Waals surface area contributed by atoms with Crippen molar-refractivity contribution < 1.29 is 4.74 Å². The van der Waals surface area contributed by atoms with E-state index >= 15 is 0 Å². The van der Waals surface area contributed by atoms with Crippen LogP contribution in [-0.4, -0.2) is 0 Å². The third-order valence-electron chi connectivity index (χ3n) is 1.25. The van der Waals surface area contributed by atoms with Gasteiger partial charge in [0.25, 0.3) is 0 Å². The zero-order valence-electron chi connectivity index (χ0n) is 7.72. The van der Waals surface area contributed by atoms with Crippen molar-refractivity contribution in [2.24, 2.45) is 0 Å². The summed E-state index contributed by atoms with van der Waals surface area (Å²) in [5.74, 6) is 1.85. The van der Waals surface area contributed by atoms with E-state index in [1.54, 1.807) is 0 Å². The first kappa shape index (κ1) is 10.0. The van der Waals surface area contributed by atoms with Gasteiger partial charge < -0.3 is 4.74 Å². The highest BCUT2D eigenvalue weighted by molar-refractivity contribution is 5.06. The molecule has 1 heteroatoms. The van der Waals surface area contributed by atoms with Crippen molar-refractivity contribution in [1.82, 2.24) is 0 Å². The van der Waals surface area contributed by atoms with Crippen LogP contribution in [-0.2, 0) is 4.74 Å². The lowest BCUT2D eigenvalue weighted by atomic mass is 10.4. The summed E-state index contributed by atoms with van der Waals surface area (Å²) in [5.41, 5.74) is 0. The third kappa shape index (κ3) is 5.46. The highest BCUT2D eigenvalue weighted by Gasteiger charge is 1.87. The van der Waals surface area contributed by atoms with Gasteiger partial charge in [0.05, 0.1) is 5.76 Å². The van der Waals surface area contributed by atoms with Crippen molar-refractivity contribution in [3.8, 4) is 0 Å². The molecule has 0 unspecified atom stereocenters. The molecule has 0 aromatic heterocycles. The molecule has 0 fully saturated rings. The Hall–Kier alpha value is -0.980. The molecule has 0 aromatic rings. The highest BCUT2D eigenvalue weighted by Crippen LogP contribution is 2.04. The fourth-order valence-corrected chi connectivity index (χ4v) is 0.579. The van der Waals surface area contributed by atoms with Crippen molar-refractivity contribution >= 4 is 0 Å². The first-order valence-electron chi connectivity index (χ1n) is 3.81. The van der Waals surface area contributed by atoms with E-state index in [0.29, 0.717) is 0 Å². The molecular formula is C10H16O. The van der Waals surface area contributed by atoms with E-state index < -0.39 is 0 Å². The minimum Gasteiger partial charge on any atom is -0.467 e. The van der Waals surface area contributed by atoms with Crippen LogP contribution in [0.5, 0.6) is 0 Å². The second-order valence-corrected chi connectivity index (χ2v) is 2.30. The van der Waals surface area contributed by atoms with E-state index in [9.17, 15) is 0 Å². The lowest BCUT2D eigenvalue weighted by molar-refractivity contribution is 0.308. The molecule has 0 aliphatic carbocycles. The van der Waals surface area contributed by atoms with Crippen LogP contribution in [0.2, 0.25) is 0 Å². The average molecular weight is 152 g/mol. The van der Waals surface area contributed by atoms with Gasteiger partial charge >= 0.3 is 0 Å². The molecule has 0 heterocycles. The molecule has 11 heavy (non-hydrogen) atoms.